The lowest BCUT2D eigenvalue weighted by Gasteiger charge is -2.13. The van der Waals surface area contributed by atoms with Crippen LogP contribution in [-0.4, -0.2) is 32.0 Å². The summed E-state index contributed by atoms with van der Waals surface area (Å²) in [6.45, 7) is 0. The van der Waals surface area contributed by atoms with Gasteiger partial charge in [0.1, 0.15) is 0 Å². The van der Waals surface area contributed by atoms with Gasteiger partial charge < -0.3 is 32.0 Å². The second-order valence-corrected chi connectivity index (χ2v) is 40.4. The zero-order valence-electron chi connectivity index (χ0n) is 81.6. The number of para-hydroxylation sites is 9. The average Bonchev–Trinajstić information content (AvgIpc) is 1.56. The molecule has 0 atom stereocenters. The molecule has 7 nitrogen and oxygen atoms in total. The van der Waals surface area contributed by atoms with Gasteiger partial charge in [0.15, 0.2) is 0 Å². The number of thiophene rings is 1. The van der Waals surface area contributed by atoms with Crippen LogP contribution in [0.15, 0.2) is 552 Å². The lowest BCUT2D eigenvalue weighted by molar-refractivity contribution is 1.13. The van der Waals surface area contributed by atoms with E-state index in [1.54, 1.807) is 0 Å². The Kier molecular flexibility index (Phi) is 20.1. The van der Waals surface area contributed by atoms with Crippen molar-refractivity contribution in [2.75, 3.05) is 0 Å². The van der Waals surface area contributed by atoms with E-state index in [0.717, 1.165) is 56.4 Å². The van der Waals surface area contributed by atoms with Crippen molar-refractivity contribution in [1.82, 2.24) is 32.0 Å². The lowest BCUT2D eigenvalue weighted by atomic mass is 9.98. The Hall–Kier alpha value is -19.6. The van der Waals surface area contributed by atoms with Crippen molar-refractivity contribution in [2.24, 2.45) is 0 Å². The van der Waals surface area contributed by atoms with Crippen molar-refractivity contribution in [3.05, 3.63) is 552 Å². The number of hydrogen-bond donors (Lipinski definition) is 0. The van der Waals surface area contributed by atoms with Gasteiger partial charge in [0.2, 0.25) is 0 Å². The van der Waals surface area contributed by atoms with Crippen LogP contribution in [0.5, 0.6) is 0 Å². The highest BCUT2D eigenvalue weighted by Crippen LogP contribution is 2.52. The number of rotatable bonds is 15. The first-order valence-corrected chi connectivity index (χ1v) is 52.3. The standard InChI is InChI=1S/C74H48N4.C68H43N3S/c1-6-20-49(21-7-1)73-65-48-58(38-43-72(65)78(57-28-14-5-15-29-57)74(73)50-22-8-2-9-23-50)77-70-41-36-53(51-34-39-68-61(44-51)59-30-16-18-32-66(59)75(68)55-24-10-3-11-25-55)46-63(70)64-47-54(37-42-71(64)77)52-35-40-69-62(45-52)60-31-17-19-33-67(60)76(69)56-26-12-4-13-27-56;1-5-17-44(18-6-1)67-59-43-52(33-38-66(59)72-68(67)45-19-7-2-8-20-45)71-64-36-31-48(46-29-34-62-55(39-46)53-25-13-15-27-60(53)69(62)50-21-9-3-10-22-50)41-57(64)58-42-49(32-37-65(58)71)47-30-35-63-56(40-47)54-26-14-16-28-61(54)70(63)51-23-11-4-12-24-51/h1-48H;1-43H. The van der Waals surface area contributed by atoms with Crippen LogP contribution in [0.25, 0.3) is 280 Å². The molecule has 150 heavy (non-hydrogen) atoms. The third kappa shape index (κ3) is 13.9. The van der Waals surface area contributed by atoms with Gasteiger partial charge in [-0.15, -0.1) is 11.3 Å². The van der Waals surface area contributed by atoms with Crippen LogP contribution in [0.1, 0.15) is 0 Å². The fraction of sp³-hybridized carbons (Fsp3) is 0. The Morgan fingerprint density at radius 3 is 0.620 bits per heavy atom. The molecule has 23 aromatic carbocycles. The second kappa shape index (κ2) is 35.1. The van der Waals surface area contributed by atoms with E-state index in [4.69, 9.17) is 0 Å². The number of nitrogens with zero attached hydrogens (tertiary/aromatic N) is 7. The largest absolute Gasteiger partial charge is 0.309 e. The highest BCUT2D eigenvalue weighted by atomic mass is 32.1. The van der Waals surface area contributed by atoms with E-state index >= 15 is 0 Å². The summed E-state index contributed by atoms with van der Waals surface area (Å²) < 4.78 is 18.3. The Labute approximate surface area is 868 Å². The van der Waals surface area contributed by atoms with E-state index in [-0.39, 0.29) is 0 Å². The van der Waals surface area contributed by atoms with Crippen LogP contribution in [0.2, 0.25) is 0 Å². The van der Waals surface area contributed by atoms with Gasteiger partial charge in [-0.25, -0.2) is 0 Å². The molecule has 0 radical (unpaired) electrons. The first-order chi connectivity index (χ1) is 74.4. The van der Waals surface area contributed by atoms with Crippen molar-refractivity contribution in [3.8, 4) is 128 Å². The summed E-state index contributed by atoms with van der Waals surface area (Å²) in [6, 6.07) is 203. The molecule has 0 aliphatic heterocycles. The molecule has 0 saturated heterocycles. The van der Waals surface area contributed by atoms with Crippen LogP contribution in [-0.2, 0) is 0 Å². The van der Waals surface area contributed by atoms with Crippen LogP contribution in [0.4, 0.5) is 0 Å². The van der Waals surface area contributed by atoms with Gasteiger partial charge >= 0.3 is 0 Å². The van der Waals surface area contributed by atoms with Gasteiger partial charge in [-0.3, -0.25) is 0 Å². The molecule has 0 N–H and O–H groups in total. The van der Waals surface area contributed by atoms with Gasteiger partial charge in [-0.2, -0.15) is 0 Å². The lowest BCUT2D eigenvalue weighted by Crippen LogP contribution is -1.97. The normalized spacial score (nSPS) is 11.9. The van der Waals surface area contributed by atoms with Crippen LogP contribution >= 0.6 is 11.3 Å². The summed E-state index contributed by atoms with van der Waals surface area (Å²) in [6.07, 6.45) is 0. The highest BCUT2D eigenvalue weighted by molar-refractivity contribution is 7.23. The van der Waals surface area contributed by atoms with Crippen LogP contribution in [0, 0.1) is 0 Å². The minimum atomic E-state index is 1.11. The minimum absolute atomic E-state index is 1.11. The second-order valence-electron chi connectivity index (χ2n) is 39.3. The SMILES string of the molecule is c1ccc(-c2c(-c3ccccc3)n(-c3ccccc3)c3ccc(-n4c5ccc(-c6ccc7c(c6)c6ccccc6n7-c6ccccc6)cc5c5cc(-c6ccc7c(c6)c6ccccc6n7-c6ccccc6)ccc54)cc23)cc1.c1ccc(-c2sc3ccc(-n4c5ccc(-c6ccc7c(c6)c6ccccc6n7-c6ccccc6)cc5c5cc(-c6ccc7c(c6)c6ccccc6n7-c6ccccc6)ccc54)cc3c2-c2ccccc2)cc1. The zero-order chi connectivity index (χ0) is 98.5. The van der Waals surface area contributed by atoms with E-state index in [0.29, 0.717) is 0 Å². The van der Waals surface area contributed by atoms with Gasteiger partial charge in [0.25, 0.3) is 0 Å². The Morgan fingerprint density at radius 2 is 0.320 bits per heavy atom. The monoisotopic (exact) mass is 1930 g/mol. The molecule has 8 aromatic heterocycles. The Bertz CT molecular complexity index is 10400. The maximum Gasteiger partial charge on any atom is 0.0619 e. The number of aromatic nitrogens is 7. The molecule has 0 spiro atoms. The van der Waals surface area contributed by atoms with Crippen molar-refractivity contribution >= 4 is 163 Å². The fourth-order valence-corrected chi connectivity index (χ4v) is 25.5. The molecule has 700 valence electrons. The third-order valence-corrected chi connectivity index (χ3v) is 32.2. The van der Waals surface area contributed by atoms with Crippen molar-refractivity contribution in [2.45, 2.75) is 0 Å². The molecule has 0 fully saturated rings. The van der Waals surface area contributed by atoms with Gasteiger partial charge in [-0.05, 0) is 285 Å². The van der Waals surface area contributed by atoms with Crippen molar-refractivity contribution in [3.63, 3.8) is 0 Å². The fourth-order valence-electron chi connectivity index (χ4n) is 24.3. The van der Waals surface area contributed by atoms with Gasteiger partial charge in [-0.1, -0.05) is 334 Å². The first-order valence-electron chi connectivity index (χ1n) is 51.5. The summed E-state index contributed by atoms with van der Waals surface area (Å²) in [7, 11) is 0. The molecule has 31 aromatic rings. The molecule has 0 aliphatic carbocycles. The molecular formula is C142H91N7S. The Balaban J connectivity index is 0.000000138. The summed E-state index contributed by atoms with van der Waals surface area (Å²) in [5.41, 5.74) is 41.4. The minimum Gasteiger partial charge on any atom is -0.309 e. The molecular weight excluding hydrogens is 1840 g/mol. The first kappa shape index (κ1) is 85.9. The molecule has 8 heterocycles. The summed E-state index contributed by atoms with van der Waals surface area (Å²) in [4.78, 5) is 1.29. The highest BCUT2D eigenvalue weighted by Gasteiger charge is 2.28. The predicted molar refractivity (Wildman–Crippen MR) is 635 cm³/mol. The van der Waals surface area contributed by atoms with Crippen LogP contribution < -0.4 is 0 Å². The van der Waals surface area contributed by atoms with E-state index < -0.39 is 0 Å². The zero-order valence-corrected chi connectivity index (χ0v) is 82.4. The van der Waals surface area contributed by atoms with E-state index in [1.807, 2.05) is 11.3 Å². The molecule has 0 unspecified atom stereocenters. The van der Waals surface area contributed by atoms with Gasteiger partial charge in [0, 0.05) is 136 Å². The summed E-state index contributed by atoms with van der Waals surface area (Å²) in [5, 5.41) is 17.2. The molecule has 0 bridgehead atoms. The van der Waals surface area contributed by atoms with Crippen LogP contribution in [0.3, 0.4) is 0 Å². The van der Waals surface area contributed by atoms with E-state index in [9.17, 15) is 0 Å². The average molecular weight is 1930 g/mol. The molecule has 31 rings (SSSR count). The maximum atomic E-state index is 2.49. The molecule has 8 heteroatoms. The number of fused-ring (bicyclic) bond motifs is 20. The Morgan fingerprint density at radius 1 is 0.113 bits per heavy atom. The quantitative estimate of drug-likeness (QED) is 0.0981. The molecule has 0 aliphatic rings. The van der Waals surface area contributed by atoms with E-state index in [1.165, 1.54) is 224 Å². The van der Waals surface area contributed by atoms with E-state index in [2.05, 4.69) is 584 Å². The van der Waals surface area contributed by atoms with Crippen molar-refractivity contribution < 1.29 is 0 Å². The number of benzene rings is 23. The third-order valence-electron chi connectivity index (χ3n) is 31.0. The summed E-state index contributed by atoms with van der Waals surface area (Å²) >= 11 is 1.87. The topological polar surface area (TPSA) is 34.5 Å². The molecule has 0 saturated carbocycles. The predicted octanol–water partition coefficient (Wildman–Crippen LogP) is 38.5. The number of hydrogen-bond acceptors (Lipinski definition) is 1. The summed E-state index contributed by atoms with van der Waals surface area (Å²) in [5.74, 6) is 0. The smallest absolute Gasteiger partial charge is 0.0619 e. The maximum absolute atomic E-state index is 2.49. The molecule has 0 amide bonds. The van der Waals surface area contributed by atoms with Crippen molar-refractivity contribution in [1.29, 1.82) is 0 Å². The van der Waals surface area contributed by atoms with Gasteiger partial charge in [0.05, 0.1) is 77.4 Å².